The maximum Gasteiger partial charge on any atom is 0.239 e. The van der Waals surface area contributed by atoms with Gasteiger partial charge in [-0.05, 0) is 18.6 Å². The Labute approximate surface area is 195 Å². The Bertz CT molecular complexity index is 1250. The number of carbonyl (C=O) groups excluding carboxylic acids is 1. The second-order valence-electron chi connectivity index (χ2n) is 6.93. The zero-order chi connectivity index (χ0) is 22.3. The van der Waals surface area contributed by atoms with Crippen LogP contribution < -0.4 is 5.32 Å². The molecule has 1 unspecified atom stereocenters. The highest BCUT2D eigenvalue weighted by molar-refractivity contribution is 8.00. The molecular weight excluding hydrogens is 436 g/mol. The van der Waals surface area contributed by atoms with Crippen molar-refractivity contribution < 1.29 is 4.79 Å². The fraction of sp³-hybridized carbons (Fsp3) is 0.120. The molecule has 0 aliphatic heterocycles. The molecule has 0 saturated carbocycles. The summed E-state index contributed by atoms with van der Waals surface area (Å²) < 4.78 is 0. The fourth-order valence-electron chi connectivity index (χ4n) is 3.10. The number of aromatic nitrogens is 2. The third kappa shape index (κ3) is 5.05. The van der Waals surface area contributed by atoms with Gasteiger partial charge in [0.2, 0.25) is 5.91 Å². The number of benzene rings is 2. The van der Waals surface area contributed by atoms with Crippen LogP contribution in [0.15, 0.2) is 83.2 Å². The maximum atomic E-state index is 13.0. The Morgan fingerprint density at radius 1 is 1.00 bits per heavy atom. The fourth-order valence-corrected chi connectivity index (χ4v) is 4.82. The summed E-state index contributed by atoms with van der Waals surface area (Å²) in [6.07, 6.45) is 0.593. The highest BCUT2D eigenvalue weighted by atomic mass is 32.2. The normalized spacial score (nSPS) is 11.5. The summed E-state index contributed by atoms with van der Waals surface area (Å²) in [4.78, 5) is 22.2. The van der Waals surface area contributed by atoms with Crippen molar-refractivity contribution in [1.29, 1.82) is 5.26 Å². The van der Waals surface area contributed by atoms with Crippen LogP contribution in [-0.4, -0.2) is 21.1 Å². The average molecular weight is 457 g/mol. The predicted molar refractivity (Wildman–Crippen MR) is 131 cm³/mol. The minimum Gasteiger partial charge on any atom is -0.301 e. The van der Waals surface area contributed by atoms with E-state index >= 15 is 0 Å². The van der Waals surface area contributed by atoms with Gasteiger partial charge in [-0.25, -0.2) is 9.97 Å². The quantitative estimate of drug-likeness (QED) is 0.332. The second-order valence-corrected chi connectivity index (χ2v) is 8.98. The average Bonchev–Trinajstić information content (AvgIpc) is 3.32. The highest BCUT2D eigenvalue weighted by Gasteiger charge is 2.22. The Kier molecular flexibility index (Phi) is 6.95. The third-order valence-corrected chi connectivity index (χ3v) is 6.90. The first kappa shape index (κ1) is 21.8. The van der Waals surface area contributed by atoms with Crippen molar-refractivity contribution in [2.24, 2.45) is 0 Å². The van der Waals surface area contributed by atoms with Gasteiger partial charge >= 0.3 is 0 Å². The van der Waals surface area contributed by atoms with Crippen molar-refractivity contribution in [3.8, 4) is 28.6 Å². The molecule has 5 nitrogen and oxygen atoms in total. The number of amides is 1. The lowest BCUT2D eigenvalue weighted by Gasteiger charge is -2.14. The van der Waals surface area contributed by atoms with Crippen molar-refractivity contribution in [2.45, 2.75) is 23.6 Å². The lowest BCUT2D eigenvalue weighted by molar-refractivity contribution is -0.115. The molecular formula is C25H20N4OS2. The van der Waals surface area contributed by atoms with Crippen LogP contribution in [0.3, 0.4) is 0 Å². The first-order valence-corrected chi connectivity index (χ1v) is 11.9. The maximum absolute atomic E-state index is 13.0. The molecule has 0 saturated heterocycles. The molecule has 4 aromatic rings. The Balaban J connectivity index is 1.51. The van der Waals surface area contributed by atoms with Gasteiger partial charge in [0.15, 0.2) is 5.13 Å². The smallest absolute Gasteiger partial charge is 0.239 e. The molecule has 0 spiro atoms. The molecule has 1 atom stereocenters. The number of hydrogen-bond acceptors (Lipinski definition) is 6. The van der Waals surface area contributed by atoms with Gasteiger partial charge in [-0.15, -0.1) is 11.3 Å². The van der Waals surface area contributed by atoms with Gasteiger partial charge < -0.3 is 5.32 Å². The van der Waals surface area contributed by atoms with E-state index in [2.05, 4.69) is 21.4 Å². The molecule has 7 heteroatoms. The zero-order valence-corrected chi connectivity index (χ0v) is 19.0. The van der Waals surface area contributed by atoms with Crippen molar-refractivity contribution >= 4 is 34.1 Å². The van der Waals surface area contributed by atoms with E-state index in [1.807, 2.05) is 79.0 Å². The summed E-state index contributed by atoms with van der Waals surface area (Å²) in [6.45, 7) is 1.95. The highest BCUT2D eigenvalue weighted by Crippen LogP contribution is 2.31. The van der Waals surface area contributed by atoms with Gasteiger partial charge in [-0.1, -0.05) is 79.3 Å². The molecule has 2 aromatic carbocycles. The van der Waals surface area contributed by atoms with Crippen LogP contribution in [0.5, 0.6) is 0 Å². The molecule has 0 bridgehead atoms. The van der Waals surface area contributed by atoms with Crippen LogP contribution in [0, 0.1) is 11.3 Å². The summed E-state index contributed by atoms with van der Waals surface area (Å²) in [6, 6.07) is 25.4. The molecule has 2 aromatic heterocycles. The van der Waals surface area contributed by atoms with Crippen LogP contribution in [0.1, 0.15) is 18.9 Å². The van der Waals surface area contributed by atoms with Crippen molar-refractivity contribution in [2.75, 3.05) is 5.32 Å². The van der Waals surface area contributed by atoms with E-state index in [1.54, 1.807) is 6.07 Å². The molecule has 1 amide bonds. The number of rotatable bonds is 7. The van der Waals surface area contributed by atoms with E-state index in [-0.39, 0.29) is 5.91 Å². The number of nitriles is 1. The van der Waals surface area contributed by atoms with Crippen LogP contribution in [0.4, 0.5) is 5.13 Å². The lowest BCUT2D eigenvalue weighted by atomic mass is 10.1. The van der Waals surface area contributed by atoms with E-state index < -0.39 is 5.25 Å². The van der Waals surface area contributed by atoms with E-state index in [0.29, 0.717) is 22.1 Å². The summed E-state index contributed by atoms with van der Waals surface area (Å²) in [5.41, 5.74) is 4.03. The van der Waals surface area contributed by atoms with Crippen molar-refractivity contribution in [3.63, 3.8) is 0 Å². The first-order valence-electron chi connectivity index (χ1n) is 10.1. The molecule has 32 heavy (non-hydrogen) atoms. The Morgan fingerprint density at radius 3 is 2.28 bits per heavy atom. The summed E-state index contributed by atoms with van der Waals surface area (Å²) >= 11 is 2.70. The Hall–Kier alpha value is -3.47. The standard InChI is InChI=1S/C25H20N4OS2/c1-2-22(23(30)29-25-28-21(16-31-25)18-11-7-4-8-12-18)32-24-19(15-26)13-14-20(27-24)17-9-5-3-6-10-17/h3-14,16,22H,2H2,1H3,(H,28,29,30). The topological polar surface area (TPSA) is 78.7 Å². The minimum atomic E-state index is -0.398. The third-order valence-electron chi connectivity index (χ3n) is 4.77. The summed E-state index contributed by atoms with van der Waals surface area (Å²) in [5.74, 6) is -0.151. The molecule has 4 rings (SSSR count). The largest absolute Gasteiger partial charge is 0.301 e. The Morgan fingerprint density at radius 2 is 1.66 bits per heavy atom. The number of thiazole rings is 1. The summed E-state index contributed by atoms with van der Waals surface area (Å²) in [5, 5.41) is 15.1. The number of pyridine rings is 1. The van der Waals surface area contributed by atoms with Gasteiger partial charge in [0.05, 0.1) is 22.2 Å². The number of thioether (sulfide) groups is 1. The summed E-state index contributed by atoms with van der Waals surface area (Å²) in [7, 11) is 0. The SMILES string of the molecule is CCC(Sc1nc(-c2ccccc2)ccc1C#N)C(=O)Nc1nc(-c2ccccc2)cs1. The number of nitrogens with zero attached hydrogens (tertiary/aromatic N) is 3. The number of hydrogen-bond donors (Lipinski definition) is 1. The number of anilines is 1. The predicted octanol–water partition coefficient (Wildman–Crippen LogP) is 6.25. The minimum absolute atomic E-state index is 0.151. The van der Waals surface area contributed by atoms with E-state index in [9.17, 15) is 10.1 Å². The van der Waals surface area contributed by atoms with E-state index in [0.717, 1.165) is 22.5 Å². The molecule has 0 aliphatic rings. The van der Waals surface area contributed by atoms with Gasteiger partial charge in [-0.2, -0.15) is 5.26 Å². The van der Waals surface area contributed by atoms with Crippen LogP contribution >= 0.6 is 23.1 Å². The lowest BCUT2D eigenvalue weighted by Crippen LogP contribution is -2.24. The number of nitrogens with one attached hydrogen (secondary N) is 1. The molecule has 0 fully saturated rings. The van der Waals surface area contributed by atoms with Crippen LogP contribution in [0.25, 0.3) is 22.5 Å². The van der Waals surface area contributed by atoms with Gasteiger partial charge in [0.1, 0.15) is 11.1 Å². The van der Waals surface area contributed by atoms with Gasteiger partial charge in [-0.3, -0.25) is 4.79 Å². The second kappa shape index (κ2) is 10.2. The van der Waals surface area contributed by atoms with Crippen molar-refractivity contribution in [3.05, 3.63) is 83.7 Å². The van der Waals surface area contributed by atoms with Crippen molar-refractivity contribution in [1.82, 2.24) is 9.97 Å². The molecule has 158 valence electrons. The van der Waals surface area contributed by atoms with E-state index in [4.69, 9.17) is 0 Å². The number of carbonyl (C=O) groups is 1. The van der Waals surface area contributed by atoms with Crippen LogP contribution in [0.2, 0.25) is 0 Å². The molecule has 2 heterocycles. The molecule has 0 radical (unpaired) electrons. The van der Waals surface area contributed by atoms with E-state index in [1.165, 1.54) is 23.1 Å². The van der Waals surface area contributed by atoms with Crippen LogP contribution in [-0.2, 0) is 4.79 Å². The van der Waals surface area contributed by atoms with Gasteiger partial charge in [0, 0.05) is 16.5 Å². The van der Waals surface area contributed by atoms with Gasteiger partial charge in [0.25, 0.3) is 0 Å². The zero-order valence-electron chi connectivity index (χ0n) is 17.4. The molecule has 1 N–H and O–H groups in total. The first-order chi connectivity index (χ1) is 15.7. The monoisotopic (exact) mass is 456 g/mol. The molecule has 0 aliphatic carbocycles.